The van der Waals surface area contributed by atoms with E-state index in [0.717, 1.165) is 0 Å². The summed E-state index contributed by atoms with van der Waals surface area (Å²) < 4.78 is 26.3. The molecule has 0 unspecified atom stereocenters. The number of hydrogen-bond donors (Lipinski definition) is 3. The molecule has 0 aromatic heterocycles. The normalized spacial score (nSPS) is 13.9. The highest BCUT2D eigenvalue weighted by Crippen LogP contribution is 2.26. The van der Waals surface area contributed by atoms with Crippen molar-refractivity contribution < 1.29 is 27.6 Å². The van der Waals surface area contributed by atoms with Gasteiger partial charge in [-0.2, -0.15) is 0 Å². The molecule has 0 aliphatic carbocycles. The Morgan fingerprint density at radius 2 is 1.32 bits per heavy atom. The Kier molecular flexibility index (Phi) is 12.8. The Morgan fingerprint density at radius 1 is 0.842 bits per heavy atom. The number of amides is 2. The number of Topliss-reactive ketones (excluding diaryl/α,β-unsaturated/α-hetero) is 1. The lowest BCUT2D eigenvalue weighted by atomic mass is 9.97. The zero-order valence-electron chi connectivity index (χ0n) is 23.1. The maximum absolute atomic E-state index is 13.4. The molecule has 0 saturated carbocycles. The Hall–Kier alpha value is -3.07. The molecule has 3 atom stereocenters. The van der Waals surface area contributed by atoms with Crippen LogP contribution in [0.25, 0.3) is 4.91 Å². The second kappa shape index (κ2) is 14.8. The van der Waals surface area contributed by atoms with Gasteiger partial charge in [0, 0.05) is 5.56 Å². The van der Waals surface area contributed by atoms with Gasteiger partial charge in [-0.1, -0.05) is 78.5 Å². The molecule has 0 saturated heterocycles. The molecule has 210 valence electrons. The highest BCUT2D eigenvalue weighted by Gasteiger charge is 2.36. The third-order valence-corrected chi connectivity index (χ3v) is 7.45. The predicted molar refractivity (Wildman–Crippen MR) is 149 cm³/mol. The van der Waals surface area contributed by atoms with Crippen LogP contribution in [0.2, 0.25) is 0 Å². The molecule has 0 spiro atoms. The van der Waals surface area contributed by atoms with Gasteiger partial charge in [0.1, 0.15) is 16.9 Å². The van der Waals surface area contributed by atoms with Gasteiger partial charge in [-0.25, -0.2) is 13.2 Å². The fraction of sp³-hybridized carbons (Fsp3) is 0.536. The number of ketones is 1. The number of carbonyl (C=O) groups is 3. The Balaban J connectivity index is 3.24. The van der Waals surface area contributed by atoms with E-state index in [-0.39, 0.29) is 36.2 Å². The highest BCUT2D eigenvalue weighted by molar-refractivity contribution is 8.05. The van der Waals surface area contributed by atoms with Gasteiger partial charge in [-0.3, -0.25) is 14.4 Å². The molecule has 38 heavy (non-hydrogen) atoms. The second-order valence-electron chi connectivity index (χ2n) is 10.7. The summed E-state index contributed by atoms with van der Waals surface area (Å²) in [5, 5.41) is 5.29. The second-order valence-corrected chi connectivity index (χ2v) is 12.6. The first-order valence-corrected chi connectivity index (χ1v) is 14.2. The van der Waals surface area contributed by atoms with Crippen LogP contribution in [0.15, 0.2) is 41.8 Å². The van der Waals surface area contributed by atoms with E-state index in [2.05, 4.69) is 17.2 Å². The quantitative estimate of drug-likeness (QED) is 0.225. The van der Waals surface area contributed by atoms with E-state index in [4.69, 9.17) is 5.73 Å². The topological polar surface area (TPSA) is 152 Å². The molecule has 10 heteroatoms. The van der Waals surface area contributed by atoms with Crippen molar-refractivity contribution in [3.8, 4) is 0 Å². The fourth-order valence-electron chi connectivity index (χ4n) is 3.88. The third kappa shape index (κ3) is 9.67. The fourth-order valence-corrected chi connectivity index (χ4v) is 5.09. The summed E-state index contributed by atoms with van der Waals surface area (Å²) >= 11 is 0. The number of hydrogen-bond acceptors (Lipinski definition) is 7. The molecular weight excluding hydrogens is 506 g/mol. The summed E-state index contributed by atoms with van der Waals surface area (Å²) in [6.07, 6.45) is 0.821. The zero-order chi connectivity index (χ0) is 29.2. The number of nitrogens with one attached hydrogen (secondary N) is 2. The minimum absolute atomic E-state index is 0.0214. The van der Waals surface area contributed by atoms with Crippen molar-refractivity contribution in [3.63, 3.8) is 0 Å². The molecule has 0 bridgehead atoms. The van der Waals surface area contributed by atoms with Crippen LogP contribution in [-0.4, -0.2) is 50.1 Å². The molecule has 1 rings (SSSR count). The van der Waals surface area contributed by atoms with Crippen molar-refractivity contribution >= 4 is 38.3 Å². The summed E-state index contributed by atoms with van der Waals surface area (Å²) in [5.74, 6) is -0.551. The van der Waals surface area contributed by atoms with Crippen molar-refractivity contribution in [1.82, 2.24) is 10.6 Å². The van der Waals surface area contributed by atoms with Crippen molar-refractivity contribution in [1.29, 1.82) is 0 Å². The summed E-state index contributed by atoms with van der Waals surface area (Å²) in [7, 11) is -4.59. The van der Waals surface area contributed by atoms with Crippen LogP contribution in [0.4, 0.5) is 0 Å². The molecule has 0 heterocycles. The van der Waals surface area contributed by atoms with Crippen LogP contribution in [0, 0.1) is 17.8 Å². The van der Waals surface area contributed by atoms with Crippen LogP contribution >= 0.6 is 0 Å². The lowest BCUT2D eigenvalue weighted by molar-refractivity contribution is -0.131. The maximum Gasteiger partial charge on any atom is 0.243 e. The minimum Gasteiger partial charge on any atom is -0.344 e. The smallest absolute Gasteiger partial charge is 0.243 e. The first-order valence-electron chi connectivity index (χ1n) is 12.8. The van der Waals surface area contributed by atoms with E-state index in [9.17, 15) is 27.6 Å². The first kappa shape index (κ1) is 33.0. The summed E-state index contributed by atoms with van der Waals surface area (Å²) in [6, 6.07) is 4.52. The molecule has 0 radical (unpaired) electrons. The number of sulfone groups is 1. The van der Waals surface area contributed by atoms with E-state index in [1.165, 1.54) is 18.1 Å². The van der Waals surface area contributed by atoms with Crippen molar-refractivity contribution in [2.24, 2.45) is 23.5 Å². The van der Waals surface area contributed by atoms with Gasteiger partial charge in [0.15, 0.2) is 10.7 Å². The van der Waals surface area contributed by atoms with E-state index in [1.807, 2.05) is 41.5 Å². The average Bonchev–Trinajstić information content (AvgIpc) is 2.82. The van der Waals surface area contributed by atoms with E-state index < -0.39 is 55.4 Å². The lowest BCUT2D eigenvalue weighted by Gasteiger charge is -2.26. The van der Waals surface area contributed by atoms with Crippen LogP contribution in [0.1, 0.15) is 66.4 Å². The van der Waals surface area contributed by atoms with E-state index >= 15 is 0 Å². The number of benzene rings is 1. The zero-order valence-corrected chi connectivity index (χ0v) is 23.9. The van der Waals surface area contributed by atoms with E-state index in [0.29, 0.717) is 6.42 Å². The minimum atomic E-state index is -4.59. The summed E-state index contributed by atoms with van der Waals surface area (Å²) in [4.78, 5) is 49.3. The number of rotatable bonds is 15. The maximum atomic E-state index is 13.4. The van der Waals surface area contributed by atoms with Crippen LogP contribution in [-0.2, 0) is 29.0 Å². The summed E-state index contributed by atoms with van der Waals surface area (Å²) in [6.45, 7) is 14.7. The van der Waals surface area contributed by atoms with Crippen molar-refractivity contribution in [3.05, 3.63) is 47.4 Å². The average molecular weight is 548 g/mol. The SMILES string of the molecule is C=C(C(=O)[C@H](CC(C)C)NC(=O)[C@H](CC(C)C)NC(=O)[C@@H](N)CC(C)C)S(=O)(=O)C(=C=O)c1ccccc1. The third-order valence-electron chi connectivity index (χ3n) is 5.74. The van der Waals surface area contributed by atoms with Gasteiger partial charge in [-0.05, 0) is 37.0 Å². The van der Waals surface area contributed by atoms with Gasteiger partial charge in [0.25, 0.3) is 0 Å². The Bertz CT molecular complexity index is 1150. The number of carbonyl (C=O) groups excluding carboxylic acids is 4. The van der Waals surface area contributed by atoms with Gasteiger partial charge < -0.3 is 16.4 Å². The lowest BCUT2D eigenvalue weighted by Crippen LogP contribution is -2.55. The van der Waals surface area contributed by atoms with Gasteiger partial charge in [0.05, 0.1) is 12.1 Å². The van der Waals surface area contributed by atoms with Gasteiger partial charge >= 0.3 is 0 Å². The Morgan fingerprint density at radius 3 is 1.79 bits per heavy atom. The molecule has 0 fully saturated rings. The van der Waals surface area contributed by atoms with Gasteiger partial charge in [0.2, 0.25) is 21.7 Å². The highest BCUT2D eigenvalue weighted by atomic mass is 32.2. The van der Waals surface area contributed by atoms with Crippen LogP contribution < -0.4 is 16.4 Å². The van der Waals surface area contributed by atoms with Crippen LogP contribution in [0.5, 0.6) is 0 Å². The molecular formula is C28H41N3O6S. The molecule has 1 aromatic rings. The molecule has 4 N–H and O–H groups in total. The summed E-state index contributed by atoms with van der Waals surface area (Å²) in [5.41, 5.74) is 6.05. The van der Waals surface area contributed by atoms with Gasteiger partial charge in [-0.15, -0.1) is 0 Å². The standard InChI is InChI=1S/C28H41N3O6S/c1-17(2)13-22(29)27(34)31-24(15-19(5)6)28(35)30-23(14-18(3)4)26(33)20(7)38(36,37)25(16-32)21-11-9-8-10-12-21/h8-12,17-19,22-24H,7,13-15,29H2,1-6H3,(H,30,35)(H,31,34)/t22-,23-,24-/m0/s1. The molecule has 1 aromatic carbocycles. The van der Waals surface area contributed by atoms with Crippen molar-refractivity contribution in [2.45, 2.75) is 78.9 Å². The monoisotopic (exact) mass is 547 g/mol. The molecule has 0 aliphatic rings. The molecule has 2 amide bonds. The first-order chi connectivity index (χ1) is 17.6. The number of nitrogens with two attached hydrogens (primary N) is 1. The Labute approximate surface area is 226 Å². The predicted octanol–water partition coefficient (Wildman–Crippen LogP) is 2.79. The largest absolute Gasteiger partial charge is 0.344 e. The van der Waals surface area contributed by atoms with Crippen LogP contribution in [0.3, 0.4) is 0 Å². The molecule has 0 aliphatic heterocycles. The van der Waals surface area contributed by atoms with E-state index in [1.54, 1.807) is 18.2 Å². The van der Waals surface area contributed by atoms with Crippen molar-refractivity contribution in [2.75, 3.05) is 0 Å². The molecule has 9 nitrogen and oxygen atoms in total.